The number of hydrogen-bond acceptors (Lipinski definition) is 7. The number of carbonyl (C=O) groups excluding carboxylic acids is 2. The predicted molar refractivity (Wildman–Crippen MR) is 86.7 cm³/mol. The Kier molecular flexibility index (Phi) is 5.88. The van der Waals surface area contributed by atoms with E-state index in [0.29, 0.717) is 11.4 Å². The number of nitro groups is 1. The van der Waals surface area contributed by atoms with Crippen LogP contribution in [0.5, 0.6) is 11.5 Å². The third-order valence-corrected chi connectivity index (χ3v) is 2.94. The molecule has 0 saturated heterocycles. The maximum Gasteiger partial charge on any atom is 0.417 e. The number of ether oxygens (including phenoxy) is 3. The van der Waals surface area contributed by atoms with E-state index in [2.05, 4.69) is 10.1 Å². The molecule has 1 amide bonds. The van der Waals surface area contributed by atoms with Gasteiger partial charge in [-0.15, -0.1) is 0 Å². The SMILES string of the molecule is COC(=O)COc1ccc(NC(=O)Oc2ccc([N+](=O)[O-])cc2)cc1. The lowest BCUT2D eigenvalue weighted by Gasteiger charge is -2.08. The molecule has 2 aromatic rings. The molecule has 0 aromatic heterocycles. The fourth-order valence-corrected chi connectivity index (χ4v) is 1.72. The molecule has 0 radical (unpaired) electrons. The number of methoxy groups -OCH3 is 1. The second-order valence-electron chi connectivity index (χ2n) is 4.65. The van der Waals surface area contributed by atoms with Crippen LogP contribution in [-0.2, 0) is 9.53 Å². The second kappa shape index (κ2) is 8.29. The Labute approximate surface area is 142 Å². The topological polar surface area (TPSA) is 117 Å². The van der Waals surface area contributed by atoms with Gasteiger partial charge in [0.15, 0.2) is 6.61 Å². The number of nitrogens with zero attached hydrogens (tertiary/aromatic N) is 1. The molecule has 0 aliphatic heterocycles. The Morgan fingerprint density at radius 1 is 1.04 bits per heavy atom. The summed E-state index contributed by atoms with van der Waals surface area (Å²) in [5.74, 6) is 0.0923. The number of carbonyl (C=O) groups is 2. The smallest absolute Gasteiger partial charge is 0.417 e. The van der Waals surface area contributed by atoms with E-state index in [-0.39, 0.29) is 18.0 Å². The summed E-state index contributed by atoms with van der Waals surface area (Å²) in [4.78, 5) is 32.8. The molecule has 9 nitrogen and oxygen atoms in total. The molecule has 0 unspecified atom stereocenters. The van der Waals surface area contributed by atoms with Crippen LogP contribution in [0.4, 0.5) is 16.2 Å². The van der Waals surface area contributed by atoms with Gasteiger partial charge in [0.2, 0.25) is 0 Å². The first-order chi connectivity index (χ1) is 12.0. The Bertz CT molecular complexity index is 757. The van der Waals surface area contributed by atoms with Crippen LogP contribution in [-0.4, -0.2) is 30.7 Å². The molecule has 0 saturated carbocycles. The zero-order chi connectivity index (χ0) is 18.2. The lowest BCUT2D eigenvalue weighted by Crippen LogP contribution is -2.16. The zero-order valence-corrected chi connectivity index (χ0v) is 13.1. The van der Waals surface area contributed by atoms with E-state index in [1.54, 1.807) is 24.3 Å². The van der Waals surface area contributed by atoms with Gasteiger partial charge in [0, 0.05) is 17.8 Å². The number of non-ortho nitro benzene ring substituents is 1. The van der Waals surface area contributed by atoms with Gasteiger partial charge in [-0.05, 0) is 36.4 Å². The van der Waals surface area contributed by atoms with Crippen molar-refractivity contribution in [1.82, 2.24) is 0 Å². The standard InChI is InChI=1S/C16H14N2O7/c1-23-15(19)10-24-13-6-2-11(3-7-13)17-16(20)25-14-8-4-12(5-9-14)18(21)22/h2-9H,10H2,1H3,(H,17,20). The minimum Gasteiger partial charge on any atom is -0.482 e. The number of nitrogens with one attached hydrogen (secondary N) is 1. The summed E-state index contributed by atoms with van der Waals surface area (Å²) in [6, 6.07) is 11.3. The Morgan fingerprint density at radius 2 is 1.64 bits per heavy atom. The van der Waals surface area contributed by atoms with Crippen LogP contribution in [0.1, 0.15) is 0 Å². The number of amides is 1. The molecular weight excluding hydrogens is 332 g/mol. The lowest BCUT2D eigenvalue weighted by molar-refractivity contribution is -0.384. The number of nitro benzene ring substituents is 1. The van der Waals surface area contributed by atoms with Crippen molar-refractivity contribution >= 4 is 23.4 Å². The van der Waals surface area contributed by atoms with Crippen molar-refractivity contribution < 1.29 is 28.7 Å². The highest BCUT2D eigenvalue weighted by Crippen LogP contribution is 2.19. The van der Waals surface area contributed by atoms with E-state index in [0.717, 1.165) is 0 Å². The molecule has 9 heteroatoms. The fraction of sp³-hybridized carbons (Fsp3) is 0.125. The Hall–Kier alpha value is -3.62. The number of rotatable bonds is 6. The van der Waals surface area contributed by atoms with Gasteiger partial charge in [0.05, 0.1) is 12.0 Å². The second-order valence-corrected chi connectivity index (χ2v) is 4.65. The molecule has 130 valence electrons. The first kappa shape index (κ1) is 17.7. The van der Waals surface area contributed by atoms with Crippen LogP contribution in [0.15, 0.2) is 48.5 Å². The van der Waals surface area contributed by atoms with E-state index in [9.17, 15) is 19.7 Å². The van der Waals surface area contributed by atoms with Gasteiger partial charge >= 0.3 is 12.1 Å². The molecule has 0 aliphatic rings. The van der Waals surface area contributed by atoms with Crippen molar-refractivity contribution in [2.45, 2.75) is 0 Å². The van der Waals surface area contributed by atoms with Crippen LogP contribution in [0.2, 0.25) is 0 Å². The fourth-order valence-electron chi connectivity index (χ4n) is 1.72. The minimum absolute atomic E-state index is 0.102. The van der Waals surface area contributed by atoms with Gasteiger partial charge in [0.1, 0.15) is 11.5 Å². The first-order valence-electron chi connectivity index (χ1n) is 7.01. The van der Waals surface area contributed by atoms with E-state index >= 15 is 0 Å². The summed E-state index contributed by atoms with van der Waals surface area (Å²) in [5, 5.41) is 13.0. The summed E-state index contributed by atoms with van der Waals surface area (Å²) in [6.45, 7) is -0.217. The van der Waals surface area contributed by atoms with Crippen LogP contribution in [0.3, 0.4) is 0 Å². The van der Waals surface area contributed by atoms with Crippen molar-refractivity contribution in [3.8, 4) is 11.5 Å². The summed E-state index contributed by atoms with van der Waals surface area (Å²) >= 11 is 0. The summed E-state index contributed by atoms with van der Waals surface area (Å²) < 4.78 is 14.6. The highest BCUT2D eigenvalue weighted by Gasteiger charge is 2.09. The van der Waals surface area contributed by atoms with Gasteiger partial charge in [-0.3, -0.25) is 15.4 Å². The number of anilines is 1. The van der Waals surface area contributed by atoms with E-state index in [1.165, 1.54) is 31.4 Å². The summed E-state index contributed by atoms with van der Waals surface area (Å²) in [7, 11) is 1.26. The molecule has 0 aliphatic carbocycles. The molecule has 2 aromatic carbocycles. The van der Waals surface area contributed by atoms with Gasteiger partial charge in [0.25, 0.3) is 5.69 Å². The van der Waals surface area contributed by atoms with Crippen molar-refractivity contribution in [3.05, 3.63) is 58.6 Å². The quantitative estimate of drug-likeness (QED) is 0.485. The van der Waals surface area contributed by atoms with Gasteiger partial charge < -0.3 is 14.2 Å². The van der Waals surface area contributed by atoms with Gasteiger partial charge in [-0.2, -0.15) is 0 Å². The zero-order valence-electron chi connectivity index (χ0n) is 13.1. The van der Waals surface area contributed by atoms with Crippen LogP contribution in [0, 0.1) is 10.1 Å². The number of hydrogen-bond donors (Lipinski definition) is 1. The van der Waals surface area contributed by atoms with Crippen LogP contribution in [0.25, 0.3) is 0 Å². The third-order valence-electron chi connectivity index (χ3n) is 2.94. The van der Waals surface area contributed by atoms with Crippen molar-refractivity contribution in [1.29, 1.82) is 0 Å². The molecule has 1 N–H and O–H groups in total. The maximum atomic E-state index is 11.8. The highest BCUT2D eigenvalue weighted by molar-refractivity contribution is 5.86. The summed E-state index contributed by atoms with van der Waals surface area (Å²) in [6.07, 6.45) is -0.753. The molecule has 25 heavy (non-hydrogen) atoms. The van der Waals surface area contributed by atoms with Crippen molar-refractivity contribution in [2.24, 2.45) is 0 Å². The van der Waals surface area contributed by atoms with Crippen LogP contribution >= 0.6 is 0 Å². The monoisotopic (exact) mass is 346 g/mol. The van der Waals surface area contributed by atoms with E-state index in [1.807, 2.05) is 0 Å². The number of benzene rings is 2. The molecule has 0 heterocycles. The van der Waals surface area contributed by atoms with Gasteiger partial charge in [-0.1, -0.05) is 0 Å². The molecule has 2 rings (SSSR count). The average Bonchev–Trinajstić information content (AvgIpc) is 2.61. The highest BCUT2D eigenvalue weighted by atomic mass is 16.6. The largest absolute Gasteiger partial charge is 0.482 e. The van der Waals surface area contributed by atoms with Crippen LogP contribution < -0.4 is 14.8 Å². The normalized spacial score (nSPS) is 9.80. The minimum atomic E-state index is -0.753. The van der Waals surface area contributed by atoms with E-state index in [4.69, 9.17) is 9.47 Å². The van der Waals surface area contributed by atoms with Crippen molar-refractivity contribution in [3.63, 3.8) is 0 Å². The Morgan fingerprint density at radius 3 is 2.20 bits per heavy atom. The molecular formula is C16H14N2O7. The van der Waals surface area contributed by atoms with Crippen molar-refractivity contribution in [2.75, 3.05) is 19.0 Å². The third kappa shape index (κ3) is 5.50. The number of esters is 1. The maximum absolute atomic E-state index is 11.8. The predicted octanol–water partition coefficient (Wildman–Crippen LogP) is 2.76. The lowest BCUT2D eigenvalue weighted by atomic mass is 10.3. The first-order valence-corrected chi connectivity index (χ1v) is 7.01. The van der Waals surface area contributed by atoms with E-state index < -0.39 is 17.0 Å². The molecule has 0 atom stereocenters. The molecule has 0 fully saturated rings. The average molecular weight is 346 g/mol. The molecule has 0 bridgehead atoms. The Balaban J connectivity index is 1.87. The molecule has 0 spiro atoms. The van der Waals surface area contributed by atoms with Gasteiger partial charge in [-0.25, -0.2) is 9.59 Å². The summed E-state index contributed by atoms with van der Waals surface area (Å²) in [5.41, 5.74) is 0.340.